The van der Waals surface area contributed by atoms with Gasteiger partial charge in [-0.2, -0.15) is 5.26 Å². The van der Waals surface area contributed by atoms with Crippen LogP contribution in [0.4, 0.5) is 0 Å². The summed E-state index contributed by atoms with van der Waals surface area (Å²) in [4.78, 5) is 11.4. The van der Waals surface area contributed by atoms with Crippen LogP contribution in [0.2, 0.25) is 0 Å². The Hall–Kier alpha value is -1.18. The average Bonchev–Trinajstić information content (AvgIpc) is 2.26. The first-order chi connectivity index (χ1) is 7.11. The standard InChI is InChI=1S/C11H10BrNO2/c1-7(12)11(15)10-8(5-13)3-2-4-9(10)6-14/h2-4,7,14H,6H2,1H3. The fraction of sp³-hybridized carbons (Fsp3) is 0.273. The molecule has 0 aromatic heterocycles. The summed E-state index contributed by atoms with van der Waals surface area (Å²) in [5, 5.41) is 18.0. The molecule has 0 heterocycles. The molecule has 1 N–H and O–H groups in total. The van der Waals surface area contributed by atoms with E-state index < -0.39 is 0 Å². The van der Waals surface area contributed by atoms with E-state index in [1.165, 1.54) is 0 Å². The van der Waals surface area contributed by atoms with Crippen molar-refractivity contribution in [2.24, 2.45) is 0 Å². The predicted molar refractivity (Wildman–Crippen MR) is 59.8 cm³/mol. The summed E-state index contributed by atoms with van der Waals surface area (Å²) in [6, 6.07) is 6.82. The molecule has 0 radical (unpaired) electrons. The van der Waals surface area contributed by atoms with Crippen LogP contribution < -0.4 is 0 Å². The van der Waals surface area contributed by atoms with Gasteiger partial charge in [-0.25, -0.2) is 0 Å². The SMILES string of the molecule is CC(Br)C(=O)c1c(C#N)cccc1CO. The van der Waals surface area contributed by atoms with E-state index in [9.17, 15) is 4.79 Å². The van der Waals surface area contributed by atoms with Crippen molar-refractivity contribution in [2.45, 2.75) is 18.4 Å². The normalized spacial score (nSPS) is 11.9. The summed E-state index contributed by atoms with van der Waals surface area (Å²) in [5.74, 6) is -0.184. The largest absolute Gasteiger partial charge is 0.392 e. The number of Topliss-reactive ketones (excluding diaryl/α,β-unsaturated/α-hetero) is 1. The Balaban J connectivity index is 3.36. The molecule has 0 aliphatic rings. The average molecular weight is 268 g/mol. The molecule has 1 unspecified atom stereocenters. The van der Waals surface area contributed by atoms with Crippen LogP contribution in [0, 0.1) is 11.3 Å². The number of alkyl halides is 1. The molecular weight excluding hydrogens is 258 g/mol. The third-order valence-electron chi connectivity index (χ3n) is 2.05. The van der Waals surface area contributed by atoms with E-state index in [1.807, 2.05) is 6.07 Å². The second-order valence-corrected chi connectivity index (χ2v) is 4.46. The van der Waals surface area contributed by atoms with Crippen LogP contribution in [0.5, 0.6) is 0 Å². The van der Waals surface area contributed by atoms with Gasteiger partial charge in [0.15, 0.2) is 5.78 Å². The molecule has 1 atom stereocenters. The molecule has 4 heteroatoms. The minimum absolute atomic E-state index is 0.184. The molecule has 0 bridgehead atoms. The van der Waals surface area contributed by atoms with E-state index in [-0.39, 0.29) is 17.2 Å². The molecule has 1 aromatic rings. The van der Waals surface area contributed by atoms with E-state index in [0.29, 0.717) is 16.7 Å². The number of ketones is 1. The third kappa shape index (κ3) is 2.44. The summed E-state index contributed by atoms with van der Waals surface area (Å²) in [6.07, 6.45) is 0. The van der Waals surface area contributed by atoms with E-state index in [2.05, 4.69) is 15.9 Å². The van der Waals surface area contributed by atoms with Crippen molar-refractivity contribution < 1.29 is 9.90 Å². The van der Waals surface area contributed by atoms with Crippen molar-refractivity contribution in [3.63, 3.8) is 0 Å². The lowest BCUT2D eigenvalue weighted by Gasteiger charge is -2.09. The highest BCUT2D eigenvalue weighted by Crippen LogP contribution is 2.19. The summed E-state index contributed by atoms with van der Waals surface area (Å²) >= 11 is 3.16. The molecule has 3 nitrogen and oxygen atoms in total. The number of aliphatic hydroxyl groups excluding tert-OH is 1. The van der Waals surface area contributed by atoms with Crippen molar-refractivity contribution in [3.8, 4) is 6.07 Å². The van der Waals surface area contributed by atoms with Crippen molar-refractivity contribution in [1.29, 1.82) is 5.26 Å². The van der Waals surface area contributed by atoms with E-state index in [1.54, 1.807) is 25.1 Å². The van der Waals surface area contributed by atoms with Crippen LogP contribution >= 0.6 is 15.9 Å². The lowest BCUT2D eigenvalue weighted by atomic mass is 9.97. The van der Waals surface area contributed by atoms with Gasteiger partial charge in [-0.05, 0) is 18.6 Å². The zero-order chi connectivity index (χ0) is 11.4. The number of rotatable bonds is 3. The molecule has 0 aliphatic carbocycles. The Morgan fingerprint density at radius 2 is 2.33 bits per heavy atom. The van der Waals surface area contributed by atoms with E-state index in [0.717, 1.165) is 0 Å². The topological polar surface area (TPSA) is 61.1 Å². The molecule has 15 heavy (non-hydrogen) atoms. The number of carbonyl (C=O) groups excluding carboxylic acids is 1. The van der Waals surface area contributed by atoms with Crippen LogP contribution in [0.15, 0.2) is 18.2 Å². The predicted octanol–water partition coefficient (Wildman–Crippen LogP) is 2.02. The van der Waals surface area contributed by atoms with Gasteiger partial charge in [0.1, 0.15) is 0 Å². The Morgan fingerprint density at radius 1 is 1.67 bits per heavy atom. The maximum atomic E-state index is 11.8. The number of carbonyl (C=O) groups is 1. The van der Waals surface area contributed by atoms with Gasteiger partial charge in [-0.3, -0.25) is 4.79 Å². The first-order valence-electron chi connectivity index (χ1n) is 4.43. The van der Waals surface area contributed by atoms with E-state index in [4.69, 9.17) is 10.4 Å². The molecule has 0 saturated carbocycles. The number of hydrogen-bond acceptors (Lipinski definition) is 3. The van der Waals surface area contributed by atoms with Crippen LogP contribution in [-0.2, 0) is 6.61 Å². The Bertz CT molecular complexity index is 421. The number of nitriles is 1. The van der Waals surface area contributed by atoms with E-state index >= 15 is 0 Å². The Labute approximate surface area is 96.5 Å². The monoisotopic (exact) mass is 267 g/mol. The highest BCUT2D eigenvalue weighted by atomic mass is 79.9. The first kappa shape index (κ1) is 11.9. The lowest BCUT2D eigenvalue weighted by Crippen LogP contribution is -2.14. The Kier molecular flexibility index (Phi) is 4.01. The minimum atomic E-state index is -0.364. The summed E-state index contributed by atoms with van der Waals surface area (Å²) in [6.45, 7) is 1.45. The fourth-order valence-corrected chi connectivity index (χ4v) is 1.54. The second kappa shape index (κ2) is 5.06. The van der Waals surface area contributed by atoms with Gasteiger partial charge in [-0.1, -0.05) is 28.1 Å². The maximum Gasteiger partial charge on any atom is 0.177 e. The van der Waals surface area contributed by atoms with Gasteiger partial charge < -0.3 is 5.11 Å². The Morgan fingerprint density at radius 3 is 2.80 bits per heavy atom. The van der Waals surface area contributed by atoms with Crippen molar-refractivity contribution in [2.75, 3.05) is 0 Å². The number of nitrogens with zero attached hydrogens (tertiary/aromatic N) is 1. The lowest BCUT2D eigenvalue weighted by molar-refractivity contribution is 0.0992. The molecule has 0 amide bonds. The number of halogens is 1. The fourth-order valence-electron chi connectivity index (χ4n) is 1.31. The highest BCUT2D eigenvalue weighted by molar-refractivity contribution is 9.10. The third-order valence-corrected chi connectivity index (χ3v) is 2.47. The summed E-state index contributed by atoms with van der Waals surface area (Å²) in [7, 11) is 0. The van der Waals surface area contributed by atoms with Crippen LogP contribution in [0.1, 0.15) is 28.4 Å². The zero-order valence-electron chi connectivity index (χ0n) is 8.20. The van der Waals surface area contributed by atoms with Gasteiger partial charge >= 0.3 is 0 Å². The van der Waals surface area contributed by atoms with Crippen molar-refractivity contribution >= 4 is 21.7 Å². The summed E-state index contributed by atoms with van der Waals surface area (Å²) < 4.78 is 0. The van der Waals surface area contributed by atoms with Gasteiger partial charge in [0.2, 0.25) is 0 Å². The molecule has 1 rings (SSSR count). The molecule has 0 fully saturated rings. The quantitative estimate of drug-likeness (QED) is 0.673. The van der Waals surface area contributed by atoms with Crippen LogP contribution in [0.25, 0.3) is 0 Å². The van der Waals surface area contributed by atoms with Crippen molar-refractivity contribution in [1.82, 2.24) is 0 Å². The number of benzene rings is 1. The summed E-state index contributed by atoms with van der Waals surface area (Å²) in [5.41, 5.74) is 1.11. The second-order valence-electron chi connectivity index (χ2n) is 3.09. The number of aliphatic hydroxyl groups is 1. The first-order valence-corrected chi connectivity index (χ1v) is 5.34. The van der Waals surface area contributed by atoms with Crippen molar-refractivity contribution in [3.05, 3.63) is 34.9 Å². The van der Waals surface area contributed by atoms with Crippen LogP contribution in [0.3, 0.4) is 0 Å². The van der Waals surface area contributed by atoms with Gasteiger partial charge in [-0.15, -0.1) is 0 Å². The van der Waals surface area contributed by atoms with Gasteiger partial charge in [0.05, 0.1) is 23.1 Å². The molecule has 78 valence electrons. The van der Waals surface area contributed by atoms with Gasteiger partial charge in [0.25, 0.3) is 0 Å². The zero-order valence-corrected chi connectivity index (χ0v) is 9.78. The van der Waals surface area contributed by atoms with Crippen LogP contribution in [-0.4, -0.2) is 15.7 Å². The molecule has 0 spiro atoms. The molecular formula is C11H10BrNO2. The molecule has 0 saturated heterocycles. The smallest absolute Gasteiger partial charge is 0.177 e. The highest BCUT2D eigenvalue weighted by Gasteiger charge is 2.19. The van der Waals surface area contributed by atoms with Gasteiger partial charge in [0, 0.05) is 5.56 Å². The minimum Gasteiger partial charge on any atom is -0.392 e. The number of hydrogen-bond donors (Lipinski definition) is 1. The molecule has 1 aromatic carbocycles. The molecule has 0 aliphatic heterocycles. The maximum absolute atomic E-state index is 11.8.